The molecule has 2 unspecified atom stereocenters. The Morgan fingerprint density at radius 3 is 1.96 bits per heavy atom. The molecule has 2 fully saturated rings. The van der Waals surface area contributed by atoms with Gasteiger partial charge in [-0.1, -0.05) is 12.1 Å². The van der Waals surface area contributed by atoms with Gasteiger partial charge in [-0.15, -0.1) is 0 Å². The third-order valence-corrected chi connectivity index (χ3v) is 9.10. The maximum Gasteiger partial charge on any atom is 0.416 e. The average molecular weight is 771 g/mol. The number of hydrogen-bond acceptors (Lipinski definition) is 11. The molecular formula is C36H49F3N4O11. The third-order valence-electron chi connectivity index (χ3n) is 9.10. The summed E-state index contributed by atoms with van der Waals surface area (Å²) in [5.74, 6) is -4.74. The monoisotopic (exact) mass is 770 g/mol. The molecule has 0 spiro atoms. The number of rotatable bonds is 12. The Morgan fingerprint density at radius 1 is 0.870 bits per heavy atom. The smallest absolute Gasteiger partial charge is 0.416 e. The Morgan fingerprint density at radius 2 is 1.44 bits per heavy atom. The van der Waals surface area contributed by atoms with Gasteiger partial charge in [0.1, 0.15) is 35.4 Å². The standard InChI is InChI=1S/C36H49F3N4O11/c1-20(52-22(3)44)27(41-33(50)54-34(5,6)7)30(47)42-17-9-11-26(42)29(46)43-18-10-16-35(43,19-24-12-14-25(15-13-24)36(37,38)39)32(49)40-28(31(48)51-8)21(2)53-23(4)45/h12-15,20-21,26-28H,9-11,16-19H2,1-8H3,(H,40,49)(H,41,50)/t20-,21-,26?,27+,28+,35?/m1/s1. The molecule has 54 heavy (non-hydrogen) atoms. The van der Waals surface area contributed by atoms with Crippen LogP contribution in [-0.2, 0) is 60.3 Å². The summed E-state index contributed by atoms with van der Waals surface area (Å²) in [6.45, 7) is 9.87. The second-order valence-electron chi connectivity index (χ2n) is 14.4. The highest BCUT2D eigenvalue weighted by atomic mass is 19.4. The summed E-state index contributed by atoms with van der Waals surface area (Å²) in [4.78, 5) is 95.0. The molecule has 0 saturated carbocycles. The highest BCUT2D eigenvalue weighted by Gasteiger charge is 2.54. The lowest BCUT2D eigenvalue weighted by atomic mass is 9.85. The molecule has 18 heteroatoms. The highest BCUT2D eigenvalue weighted by Crippen LogP contribution is 2.37. The molecule has 0 aliphatic carbocycles. The summed E-state index contributed by atoms with van der Waals surface area (Å²) in [6.07, 6.45) is -7.54. The van der Waals surface area contributed by atoms with Gasteiger partial charge in [0.05, 0.1) is 12.7 Å². The minimum atomic E-state index is -4.63. The van der Waals surface area contributed by atoms with Crippen molar-refractivity contribution in [1.29, 1.82) is 0 Å². The molecule has 6 atom stereocenters. The van der Waals surface area contributed by atoms with Gasteiger partial charge >= 0.3 is 30.2 Å². The number of amides is 4. The number of ether oxygens (including phenoxy) is 4. The van der Waals surface area contributed by atoms with Gasteiger partial charge in [0.15, 0.2) is 6.04 Å². The Kier molecular flexibility index (Phi) is 14.1. The summed E-state index contributed by atoms with van der Waals surface area (Å²) >= 11 is 0. The zero-order valence-corrected chi connectivity index (χ0v) is 31.7. The van der Waals surface area contributed by atoms with E-state index in [0.717, 1.165) is 33.1 Å². The van der Waals surface area contributed by atoms with E-state index >= 15 is 0 Å². The molecule has 3 rings (SSSR count). The van der Waals surface area contributed by atoms with Crippen molar-refractivity contribution >= 4 is 41.7 Å². The van der Waals surface area contributed by atoms with Crippen LogP contribution in [0, 0.1) is 0 Å². The van der Waals surface area contributed by atoms with E-state index in [1.54, 1.807) is 20.8 Å². The van der Waals surface area contributed by atoms with E-state index in [2.05, 4.69) is 10.6 Å². The van der Waals surface area contributed by atoms with Crippen LogP contribution in [0.4, 0.5) is 18.0 Å². The number of nitrogens with one attached hydrogen (secondary N) is 2. The molecule has 2 aliphatic rings. The van der Waals surface area contributed by atoms with E-state index < -0.39 is 94.9 Å². The van der Waals surface area contributed by atoms with Crippen molar-refractivity contribution in [3.63, 3.8) is 0 Å². The van der Waals surface area contributed by atoms with Gasteiger partial charge in [0.2, 0.25) is 17.7 Å². The molecule has 0 aromatic heterocycles. The molecule has 1 aromatic rings. The molecule has 2 aliphatic heterocycles. The SMILES string of the molecule is COC(=O)[C@@H](NC(=O)C1(Cc2ccc(C(F)(F)F)cc2)CCCN1C(=O)C1CCCN1C(=O)[C@@H](NC(=O)OC(C)(C)C)[C@@H](C)OC(C)=O)[C@@H](C)OC(C)=O. The molecule has 2 N–H and O–H groups in total. The number of alkyl carbamates (subject to hydrolysis) is 1. The first-order valence-electron chi connectivity index (χ1n) is 17.5. The number of halogens is 3. The first-order chi connectivity index (χ1) is 25.0. The van der Waals surface area contributed by atoms with Crippen molar-refractivity contribution < 1.29 is 65.7 Å². The lowest BCUT2D eigenvalue weighted by molar-refractivity contribution is -0.159. The first-order valence-corrected chi connectivity index (χ1v) is 17.5. The lowest BCUT2D eigenvalue weighted by Crippen LogP contribution is -2.65. The van der Waals surface area contributed by atoms with Crippen LogP contribution in [0.1, 0.15) is 85.3 Å². The van der Waals surface area contributed by atoms with E-state index in [-0.39, 0.29) is 44.3 Å². The van der Waals surface area contributed by atoms with E-state index in [1.165, 1.54) is 35.8 Å². The van der Waals surface area contributed by atoms with Crippen LogP contribution in [0.5, 0.6) is 0 Å². The fourth-order valence-corrected chi connectivity index (χ4v) is 6.74. The van der Waals surface area contributed by atoms with E-state index in [0.29, 0.717) is 6.42 Å². The average Bonchev–Trinajstić information content (AvgIpc) is 3.72. The van der Waals surface area contributed by atoms with Gasteiger partial charge in [-0.25, -0.2) is 9.59 Å². The minimum Gasteiger partial charge on any atom is -0.467 e. The number of nitrogens with zero attached hydrogens (tertiary/aromatic N) is 2. The summed E-state index contributed by atoms with van der Waals surface area (Å²) in [6, 6.07) is -0.0952. The highest BCUT2D eigenvalue weighted by molar-refractivity contribution is 5.98. The number of methoxy groups -OCH3 is 1. The summed E-state index contributed by atoms with van der Waals surface area (Å²) in [5, 5.41) is 5.01. The van der Waals surface area contributed by atoms with Gasteiger partial charge in [0.25, 0.3) is 0 Å². The Hall–Kier alpha value is -4.90. The van der Waals surface area contributed by atoms with Gasteiger partial charge in [0, 0.05) is 33.4 Å². The van der Waals surface area contributed by atoms with Crippen LogP contribution in [0.25, 0.3) is 0 Å². The normalized spacial score (nSPS) is 20.9. The summed E-state index contributed by atoms with van der Waals surface area (Å²) < 4.78 is 60.8. The van der Waals surface area contributed by atoms with Gasteiger partial charge in [-0.05, 0) is 78.0 Å². The second-order valence-corrected chi connectivity index (χ2v) is 14.4. The van der Waals surface area contributed by atoms with Crippen molar-refractivity contribution in [1.82, 2.24) is 20.4 Å². The van der Waals surface area contributed by atoms with Crippen LogP contribution < -0.4 is 10.6 Å². The van der Waals surface area contributed by atoms with Crippen LogP contribution in [0.2, 0.25) is 0 Å². The topological polar surface area (TPSA) is 187 Å². The maximum atomic E-state index is 14.6. The number of carbonyl (C=O) groups excluding carboxylic acids is 7. The van der Waals surface area contributed by atoms with Crippen molar-refractivity contribution in [2.75, 3.05) is 20.2 Å². The number of hydrogen-bond donors (Lipinski definition) is 2. The lowest BCUT2D eigenvalue weighted by Gasteiger charge is -2.41. The molecule has 0 radical (unpaired) electrons. The maximum absolute atomic E-state index is 14.6. The number of likely N-dealkylation sites (tertiary alicyclic amines) is 2. The van der Waals surface area contributed by atoms with Gasteiger partial charge in [-0.3, -0.25) is 24.0 Å². The van der Waals surface area contributed by atoms with Gasteiger partial charge < -0.3 is 39.4 Å². The predicted octanol–water partition coefficient (Wildman–Crippen LogP) is 3.05. The molecule has 2 heterocycles. The molecule has 1 aromatic carbocycles. The van der Waals surface area contributed by atoms with Crippen LogP contribution in [-0.4, -0.2) is 113 Å². The van der Waals surface area contributed by atoms with Crippen molar-refractivity contribution in [3.05, 3.63) is 35.4 Å². The van der Waals surface area contributed by atoms with E-state index in [4.69, 9.17) is 18.9 Å². The van der Waals surface area contributed by atoms with Crippen molar-refractivity contribution in [2.24, 2.45) is 0 Å². The zero-order valence-electron chi connectivity index (χ0n) is 31.7. The van der Waals surface area contributed by atoms with Crippen molar-refractivity contribution in [2.45, 2.75) is 128 Å². The molecule has 4 amide bonds. The Labute approximate surface area is 311 Å². The first kappa shape index (κ1) is 43.5. The molecular weight excluding hydrogens is 721 g/mol. The molecule has 15 nitrogen and oxygen atoms in total. The summed E-state index contributed by atoms with van der Waals surface area (Å²) in [7, 11) is 1.06. The predicted molar refractivity (Wildman–Crippen MR) is 183 cm³/mol. The quantitative estimate of drug-likeness (QED) is 0.235. The van der Waals surface area contributed by atoms with Crippen molar-refractivity contribution in [3.8, 4) is 0 Å². The van der Waals surface area contributed by atoms with E-state index in [1.807, 2.05) is 0 Å². The molecule has 300 valence electrons. The van der Waals surface area contributed by atoms with E-state index in [9.17, 15) is 46.7 Å². The fourth-order valence-electron chi connectivity index (χ4n) is 6.74. The number of alkyl halides is 3. The summed E-state index contributed by atoms with van der Waals surface area (Å²) in [5.41, 5.74) is -3.40. The number of carbonyl (C=O) groups is 7. The minimum absolute atomic E-state index is 0.00273. The largest absolute Gasteiger partial charge is 0.467 e. The number of benzene rings is 1. The Balaban J connectivity index is 2.05. The fraction of sp³-hybridized carbons (Fsp3) is 0.639. The zero-order chi connectivity index (χ0) is 40.8. The second kappa shape index (κ2) is 17.5. The Bertz CT molecular complexity index is 1580. The molecule has 0 bridgehead atoms. The van der Waals surface area contributed by atoms with Crippen LogP contribution in [0.15, 0.2) is 24.3 Å². The number of esters is 3. The molecule has 2 saturated heterocycles. The third kappa shape index (κ3) is 10.8. The van der Waals surface area contributed by atoms with Gasteiger partial charge in [-0.2, -0.15) is 13.2 Å². The van der Waals surface area contributed by atoms with Crippen LogP contribution in [0.3, 0.4) is 0 Å². The van der Waals surface area contributed by atoms with Crippen LogP contribution >= 0.6 is 0 Å².